The quantitative estimate of drug-likeness (QED) is 0.114. The Labute approximate surface area is 251 Å². The monoisotopic (exact) mass is 572 g/mol. The van der Waals surface area contributed by atoms with Crippen molar-refractivity contribution in [1.29, 1.82) is 0 Å². The molecule has 3 aromatic carbocycles. The molecule has 0 aliphatic carbocycles. The van der Waals surface area contributed by atoms with Crippen molar-refractivity contribution in [3.05, 3.63) is 82.9 Å². The molecule has 0 aliphatic rings. The number of nitrogens with one attached hydrogen (secondary N) is 2. The molecule has 226 valence electrons. The Kier molecular flexibility index (Phi) is 13.9. The predicted molar refractivity (Wildman–Crippen MR) is 173 cm³/mol. The third-order valence-electron chi connectivity index (χ3n) is 7.69. The van der Waals surface area contributed by atoms with Crippen molar-refractivity contribution in [2.45, 2.75) is 104 Å². The fourth-order valence-electron chi connectivity index (χ4n) is 5.37. The highest BCUT2D eigenvalue weighted by atomic mass is 16.3. The molecule has 0 saturated heterocycles. The molecule has 0 unspecified atom stereocenters. The minimum absolute atomic E-state index is 0.0436. The Balaban J connectivity index is 1.65. The van der Waals surface area contributed by atoms with Crippen molar-refractivity contribution in [2.75, 3.05) is 10.6 Å². The van der Waals surface area contributed by atoms with E-state index in [1.165, 1.54) is 63.5 Å². The van der Waals surface area contributed by atoms with Crippen LogP contribution in [0, 0.1) is 0 Å². The van der Waals surface area contributed by atoms with Crippen LogP contribution in [0.4, 0.5) is 11.4 Å². The number of hydrogen-bond acceptors (Lipinski definition) is 4. The molecule has 0 aliphatic heterocycles. The van der Waals surface area contributed by atoms with Gasteiger partial charge in [-0.2, -0.15) is 0 Å². The van der Waals surface area contributed by atoms with Crippen LogP contribution in [0.5, 0.6) is 11.5 Å². The number of benzene rings is 3. The number of unbranched alkanes of at least 4 members (excludes halogenated alkanes) is 10. The van der Waals surface area contributed by atoms with Gasteiger partial charge in [0.25, 0.3) is 11.8 Å². The molecule has 0 atom stereocenters. The number of aryl methyl sites for hydroxylation is 2. The van der Waals surface area contributed by atoms with E-state index in [9.17, 15) is 19.8 Å². The van der Waals surface area contributed by atoms with E-state index in [0.29, 0.717) is 11.4 Å². The molecule has 0 aromatic heterocycles. The lowest BCUT2D eigenvalue weighted by Crippen LogP contribution is -2.16. The summed E-state index contributed by atoms with van der Waals surface area (Å²) in [5.41, 5.74) is 3.21. The van der Waals surface area contributed by atoms with Crippen LogP contribution in [0.15, 0.2) is 60.7 Å². The molecule has 4 N–H and O–H groups in total. The topological polar surface area (TPSA) is 98.7 Å². The van der Waals surface area contributed by atoms with Gasteiger partial charge in [0.05, 0.1) is 11.1 Å². The van der Waals surface area contributed by atoms with E-state index in [2.05, 4.69) is 24.5 Å². The number of aromatic hydroxyl groups is 2. The van der Waals surface area contributed by atoms with E-state index in [4.69, 9.17) is 0 Å². The number of carbonyl (C=O) groups excluding carboxylic acids is 2. The summed E-state index contributed by atoms with van der Waals surface area (Å²) in [6.45, 7) is 4.40. The van der Waals surface area contributed by atoms with E-state index in [1.807, 2.05) is 12.1 Å². The van der Waals surface area contributed by atoms with Crippen molar-refractivity contribution >= 4 is 23.2 Å². The molecular weight excluding hydrogens is 524 g/mol. The van der Waals surface area contributed by atoms with Crippen molar-refractivity contribution < 1.29 is 19.8 Å². The first kappa shape index (κ1) is 32.7. The Morgan fingerprint density at radius 1 is 0.548 bits per heavy atom. The van der Waals surface area contributed by atoms with Crippen LogP contribution >= 0.6 is 0 Å². The molecule has 3 rings (SSSR count). The SMILES string of the molecule is CCCCCCCCc1cccc(O)c1C(=O)Nc1cccc(NC(=O)c2c(O)cccc2CCCCCCCC)c1. The van der Waals surface area contributed by atoms with Gasteiger partial charge in [0.2, 0.25) is 0 Å². The van der Waals surface area contributed by atoms with Crippen molar-refractivity contribution in [2.24, 2.45) is 0 Å². The summed E-state index contributed by atoms with van der Waals surface area (Å²) in [5.74, 6) is -0.866. The maximum absolute atomic E-state index is 13.3. The lowest BCUT2D eigenvalue weighted by Gasteiger charge is -2.14. The number of phenolic OH excluding ortho intramolecular Hbond substituents is 2. The number of hydrogen-bond donors (Lipinski definition) is 4. The van der Waals surface area contributed by atoms with E-state index < -0.39 is 0 Å². The van der Waals surface area contributed by atoms with Gasteiger partial charge in [0.1, 0.15) is 11.5 Å². The first-order valence-electron chi connectivity index (χ1n) is 15.8. The summed E-state index contributed by atoms with van der Waals surface area (Å²) in [5, 5.41) is 26.8. The maximum atomic E-state index is 13.3. The average Bonchev–Trinajstić information content (AvgIpc) is 2.97. The second-order valence-electron chi connectivity index (χ2n) is 11.1. The molecule has 3 aromatic rings. The Morgan fingerprint density at radius 3 is 1.36 bits per heavy atom. The molecule has 6 nitrogen and oxygen atoms in total. The molecule has 0 heterocycles. The van der Waals surface area contributed by atoms with Crippen LogP contribution in [0.1, 0.15) is 123 Å². The van der Waals surface area contributed by atoms with Gasteiger partial charge >= 0.3 is 0 Å². The molecule has 6 heteroatoms. The van der Waals surface area contributed by atoms with E-state index in [1.54, 1.807) is 36.4 Å². The summed E-state index contributed by atoms with van der Waals surface area (Å²) in [4.78, 5) is 26.5. The fourth-order valence-corrected chi connectivity index (χ4v) is 5.37. The molecule has 0 bridgehead atoms. The van der Waals surface area contributed by atoms with Gasteiger partial charge in [-0.1, -0.05) is 108 Å². The lowest BCUT2D eigenvalue weighted by atomic mass is 9.98. The lowest BCUT2D eigenvalue weighted by molar-refractivity contribution is 0.101. The highest BCUT2D eigenvalue weighted by Gasteiger charge is 2.18. The van der Waals surface area contributed by atoms with Gasteiger partial charge in [0.15, 0.2) is 0 Å². The third-order valence-corrected chi connectivity index (χ3v) is 7.69. The van der Waals surface area contributed by atoms with Crippen LogP contribution in [0.25, 0.3) is 0 Å². The largest absolute Gasteiger partial charge is 0.507 e. The second kappa shape index (κ2) is 17.9. The zero-order chi connectivity index (χ0) is 30.2. The third kappa shape index (κ3) is 10.2. The molecule has 0 radical (unpaired) electrons. The molecular formula is C36H48N2O4. The Morgan fingerprint density at radius 2 is 0.929 bits per heavy atom. The highest BCUT2D eigenvalue weighted by molar-refractivity contribution is 6.09. The Hall–Kier alpha value is -3.80. The number of phenols is 2. The summed E-state index contributed by atoms with van der Waals surface area (Å²) >= 11 is 0. The van der Waals surface area contributed by atoms with Crippen LogP contribution in [-0.4, -0.2) is 22.0 Å². The Bertz CT molecular complexity index is 1190. The van der Waals surface area contributed by atoms with Crippen molar-refractivity contribution in [3.63, 3.8) is 0 Å². The standard InChI is InChI=1S/C36H48N2O4/c1-3-5-7-9-11-13-18-27-20-15-24-31(39)33(27)35(41)37-29-22-17-23-30(26-29)38-36(42)34-28(21-16-25-32(34)40)19-14-12-10-8-6-4-2/h15-17,20-26,39-40H,3-14,18-19H2,1-2H3,(H,37,41)(H,38,42). The number of anilines is 2. The van der Waals surface area contributed by atoms with Gasteiger partial charge in [0, 0.05) is 11.4 Å². The van der Waals surface area contributed by atoms with Gasteiger partial charge in [-0.05, 0) is 67.1 Å². The van der Waals surface area contributed by atoms with Crippen LogP contribution in [0.2, 0.25) is 0 Å². The fraction of sp³-hybridized carbons (Fsp3) is 0.444. The van der Waals surface area contributed by atoms with Gasteiger partial charge < -0.3 is 20.8 Å². The van der Waals surface area contributed by atoms with Crippen molar-refractivity contribution in [3.8, 4) is 11.5 Å². The maximum Gasteiger partial charge on any atom is 0.259 e. The summed E-state index contributed by atoms with van der Waals surface area (Å²) in [6, 6.07) is 17.3. The first-order valence-corrected chi connectivity index (χ1v) is 15.8. The van der Waals surface area contributed by atoms with E-state index in [0.717, 1.165) is 49.7 Å². The van der Waals surface area contributed by atoms with Crippen LogP contribution < -0.4 is 10.6 Å². The zero-order valence-corrected chi connectivity index (χ0v) is 25.4. The van der Waals surface area contributed by atoms with Crippen molar-refractivity contribution in [1.82, 2.24) is 0 Å². The molecule has 2 amide bonds. The number of carbonyl (C=O) groups is 2. The van der Waals surface area contributed by atoms with E-state index >= 15 is 0 Å². The second-order valence-corrected chi connectivity index (χ2v) is 11.1. The summed E-state index contributed by atoms with van der Waals surface area (Å²) in [6.07, 6.45) is 15.2. The van der Waals surface area contributed by atoms with Gasteiger partial charge in [-0.25, -0.2) is 0 Å². The zero-order valence-electron chi connectivity index (χ0n) is 25.4. The predicted octanol–water partition coefficient (Wildman–Crippen LogP) is 9.41. The first-order chi connectivity index (χ1) is 20.4. The highest BCUT2D eigenvalue weighted by Crippen LogP contribution is 2.27. The van der Waals surface area contributed by atoms with Crippen LogP contribution in [-0.2, 0) is 12.8 Å². The normalized spacial score (nSPS) is 10.9. The summed E-state index contributed by atoms with van der Waals surface area (Å²) in [7, 11) is 0. The summed E-state index contributed by atoms with van der Waals surface area (Å²) < 4.78 is 0. The van der Waals surface area contributed by atoms with Crippen LogP contribution in [0.3, 0.4) is 0 Å². The van der Waals surface area contributed by atoms with Gasteiger partial charge in [-0.15, -0.1) is 0 Å². The average molecular weight is 573 g/mol. The molecule has 0 saturated carbocycles. The smallest absolute Gasteiger partial charge is 0.259 e. The molecule has 0 spiro atoms. The number of rotatable bonds is 18. The van der Waals surface area contributed by atoms with E-state index in [-0.39, 0.29) is 34.4 Å². The van der Waals surface area contributed by atoms with Gasteiger partial charge in [-0.3, -0.25) is 9.59 Å². The molecule has 0 fully saturated rings. The minimum Gasteiger partial charge on any atom is -0.507 e. The number of amides is 2. The minimum atomic E-state index is -0.389. The molecule has 42 heavy (non-hydrogen) atoms.